The van der Waals surface area contributed by atoms with E-state index in [2.05, 4.69) is 4.90 Å². The summed E-state index contributed by atoms with van der Waals surface area (Å²) >= 11 is 6.02. The summed E-state index contributed by atoms with van der Waals surface area (Å²) < 4.78 is 0. The molecule has 100 valence electrons. The van der Waals surface area contributed by atoms with Gasteiger partial charge in [0.1, 0.15) is 5.75 Å². The molecule has 0 aliphatic carbocycles. The third kappa shape index (κ3) is 3.28. The van der Waals surface area contributed by atoms with Crippen LogP contribution in [-0.2, 0) is 6.42 Å². The van der Waals surface area contributed by atoms with Crippen molar-refractivity contribution in [1.29, 1.82) is 0 Å². The van der Waals surface area contributed by atoms with Crippen molar-refractivity contribution in [1.82, 2.24) is 4.90 Å². The summed E-state index contributed by atoms with van der Waals surface area (Å²) in [6.45, 7) is 0.869. The molecule has 0 saturated carbocycles. The molecule has 2 aromatic rings. The maximum Gasteiger partial charge on any atom is 0.138 e. The Balaban J connectivity index is 2.45. The van der Waals surface area contributed by atoms with Gasteiger partial charge in [-0.2, -0.15) is 0 Å². The zero-order valence-corrected chi connectivity index (χ0v) is 12.0. The Hall–Kier alpha value is -1.51. The average Bonchev–Trinajstić information content (AvgIpc) is 2.41. The van der Waals surface area contributed by atoms with E-state index in [4.69, 9.17) is 11.6 Å². The van der Waals surface area contributed by atoms with Gasteiger partial charge in [-0.05, 0) is 37.7 Å². The van der Waals surface area contributed by atoms with Crippen LogP contribution in [0.1, 0.15) is 5.56 Å². The maximum atomic E-state index is 10.2. The first kappa shape index (κ1) is 13.9. The van der Waals surface area contributed by atoms with Crippen molar-refractivity contribution >= 4 is 11.6 Å². The van der Waals surface area contributed by atoms with Gasteiger partial charge in [-0.3, -0.25) is 0 Å². The zero-order valence-electron chi connectivity index (χ0n) is 11.2. The summed E-state index contributed by atoms with van der Waals surface area (Å²) in [5, 5.41) is 10.6. The SMILES string of the molecule is CN(C)CCc1c(-c2ccccc2)ccc(Cl)c1O. The quantitative estimate of drug-likeness (QED) is 0.917. The van der Waals surface area contributed by atoms with E-state index >= 15 is 0 Å². The molecule has 2 rings (SSSR count). The third-order valence-corrected chi connectivity index (χ3v) is 3.43. The van der Waals surface area contributed by atoms with Gasteiger partial charge in [0.25, 0.3) is 0 Å². The highest BCUT2D eigenvalue weighted by molar-refractivity contribution is 6.32. The summed E-state index contributed by atoms with van der Waals surface area (Å²) in [4.78, 5) is 2.09. The second-order valence-electron chi connectivity index (χ2n) is 4.84. The van der Waals surface area contributed by atoms with Gasteiger partial charge in [0, 0.05) is 12.1 Å². The fraction of sp³-hybridized carbons (Fsp3) is 0.250. The highest BCUT2D eigenvalue weighted by atomic mass is 35.5. The van der Waals surface area contributed by atoms with Crippen LogP contribution in [0.25, 0.3) is 11.1 Å². The van der Waals surface area contributed by atoms with Gasteiger partial charge in [-0.1, -0.05) is 48.0 Å². The Kier molecular flexibility index (Phi) is 4.46. The van der Waals surface area contributed by atoms with E-state index in [1.165, 1.54) is 0 Å². The van der Waals surface area contributed by atoms with Crippen molar-refractivity contribution in [3.05, 3.63) is 53.1 Å². The predicted octanol–water partition coefficient (Wildman–Crippen LogP) is 3.82. The average molecular weight is 276 g/mol. The molecule has 0 aromatic heterocycles. The van der Waals surface area contributed by atoms with Crippen LogP contribution in [0.4, 0.5) is 0 Å². The second-order valence-corrected chi connectivity index (χ2v) is 5.25. The van der Waals surface area contributed by atoms with E-state index in [-0.39, 0.29) is 5.75 Å². The van der Waals surface area contributed by atoms with Gasteiger partial charge >= 0.3 is 0 Å². The summed E-state index contributed by atoms with van der Waals surface area (Å²) in [7, 11) is 4.04. The molecule has 0 aliphatic heterocycles. The molecule has 0 unspecified atom stereocenters. The number of hydrogen-bond acceptors (Lipinski definition) is 2. The standard InChI is InChI=1S/C16H18ClNO/c1-18(2)11-10-14-13(8-9-15(17)16(14)19)12-6-4-3-5-7-12/h3-9,19H,10-11H2,1-2H3. The first-order valence-electron chi connectivity index (χ1n) is 6.30. The van der Waals surface area contributed by atoms with E-state index in [0.29, 0.717) is 5.02 Å². The molecule has 0 atom stereocenters. The molecule has 0 aliphatic rings. The summed E-state index contributed by atoms with van der Waals surface area (Å²) in [6, 6.07) is 13.8. The van der Waals surface area contributed by atoms with Gasteiger partial charge in [-0.15, -0.1) is 0 Å². The van der Waals surface area contributed by atoms with E-state index in [1.54, 1.807) is 6.07 Å². The molecule has 0 bridgehead atoms. The lowest BCUT2D eigenvalue weighted by Crippen LogP contribution is -2.15. The van der Waals surface area contributed by atoms with Gasteiger partial charge < -0.3 is 10.0 Å². The fourth-order valence-electron chi connectivity index (χ4n) is 2.08. The Morgan fingerprint density at radius 2 is 1.74 bits per heavy atom. The Labute approximate surface area is 119 Å². The molecule has 19 heavy (non-hydrogen) atoms. The van der Waals surface area contributed by atoms with Gasteiger partial charge in [0.05, 0.1) is 5.02 Å². The number of aromatic hydroxyl groups is 1. The molecule has 3 heteroatoms. The summed E-state index contributed by atoms with van der Waals surface area (Å²) in [5.74, 6) is 0.199. The lowest BCUT2D eigenvalue weighted by Gasteiger charge is -2.15. The number of nitrogens with zero attached hydrogens (tertiary/aromatic N) is 1. The lowest BCUT2D eigenvalue weighted by atomic mass is 9.96. The molecular weight excluding hydrogens is 258 g/mol. The predicted molar refractivity (Wildman–Crippen MR) is 80.8 cm³/mol. The molecule has 0 radical (unpaired) electrons. The largest absolute Gasteiger partial charge is 0.506 e. The Morgan fingerprint density at radius 3 is 2.37 bits per heavy atom. The molecule has 2 aromatic carbocycles. The number of phenols is 1. The van der Waals surface area contributed by atoms with Crippen LogP contribution in [-0.4, -0.2) is 30.6 Å². The minimum atomic E-state index is 0.199. The smallest absolute Gasteiger partial charge is 0.138 e. The number of halogens is 1. The van der Waals surface area contributed by atoms with Crippen molar-refractivity contribution < 1.29 is 5.11 Å². The zero-order chi connectivity index (χ0) is 13.8. The lowest BCUT2D eigenvalue weighted by molar-refractivity contribution is 0.406. The molecule has 0 amide bonds. The highest BCUT2D eigenvalue weighted by Crippen LogP contribution is 2.35. The van der Waals surface area contributed by atoms with Crippen LogP contribution in [0.5, 0.6) is 5.75 Å². The van der Waals surface area contributed by atoms with E-state index in [9.17, 15) is 5.11 Å². The van der Waals surface area contributed by atoms with Crippen molar-refractivity contribution in [3.63, 3.8) is 0 Å². The first-order valence-corrected chi connectivity index (χ1v) is 6.68. The molecule has 0 fully saturated rings. The van der Waals surface area contributed by atoms with Crippen molar-refractivity contribution in [2.75, 3.05) is 20.6 Å². The van der Waals surface area contributed by atoms with E-state index in [0.717, 1.165) is 29.7 Å². The van der Waals surface area contributed by atoms with Crippen LogP contribution in [0, 0.1) is 0 Å². The second kappa shape index (κ2) is 6.09. The van der Waals surface area contributed by atoms with Crippen LogP contribution in [0.3, 0.4) is 0 Å². The van der Waals surface area contributed by atoms with Crippen LogP contribution >= 0.6 is 11.6 Å². The minimum Gasteiger partial charge on any atom is -0.506 e. The normalized spacial score (nSPS) is 10.9. The molecule has 1 N–H and O–H groups in total. The summed E-state index contributed by atoms with van der Waals surface area (Å²) in [6.07, 6.45) is 0.767. The number of hydrogen-bond donors (Lipinski definition) is 1. The first-order chi connectivity index (χ1) is 9.09. The van der Waals surface area contributed by atoms with E-state index in [1.807, 2.05) is 50.5 Å². The minimum absolute atomic E-state index is 0.199. The van der Waals surface area contributed by atoms with Crippen LogP contribution < -0.4 is 0 Å². The molecular formula is C16H18ClNO. The number of phenolic OH excluding ortho intramolecular Hbond substituents is 1. The molecule has 2 nitrogen and oxygen atoms in total. The monoisotopic (exact) mass is 275 g/mol. The molecule has 0 heterocycles. The Bertz CT molecular complexity index is 552. The number of likely N-dealkylation sites (N-methyl/N-ethyl adjacent to an activating group) is 1. The van der Waals surface area contributed by atoms with Crippen LogP contribution in [0.2, 0.25) is 5.02 Å². The molecule has 0 spiro atoms. The number of rotatable bonds is 4. The maximum absolute atomic E-state index is 10.2. The topological polar surface area (TPSA) is 23.5 Å². The number of benzene rings is 2. The van der Waals surface area contributed by atoms with Gasteiger partial charge in [-0.25, -0.2) is 0 Å². The third-order valence-electron chi connectivity index (χ3n) is 3.13. The van der Waals surface area contributed by atoms with Gasteiger partial charge in [0.2, 0.25) is 0 Å². The van der Waals surface area contributed by atoms with Crippen molar-refractivity contribution in [2.45, 2.75) is 6.42 Å². The van der Waals surface area contributed by atoms with Crippen molar-refractivity contribution in [3.8, 4) is 16.9 Å². The summed E-state index contributed by atoms with van der Waals surface area (Å²) in [5.41, 5.74) is 3.06. The highest BCUT2D eigenvalue weighted by Gasteiger charge is 2.13. The van der Waals surface area contributed by atoms with Gasteiger partial charge in [0.15, 0.2) is 0 Å². The Morgan fingerprint density at radius 1 is 1.05 bits per heavy atom. The molecule has 0 saturated heterocycles. The van der Waals surface area contributed by atoms with Crippen LogP contribution in [0.15, 0.2) is 42.5 Å². The van der Waals surface area contributed by atoms with E-state index < -0.39 is 0 Å². The fourth-order valence-corrected chi connectivity index (χ4v) is 2.26. The van der Waals surface area contributed by atoms with Crippen molar-refractivity contribution in [2.24, 2.45) is 0 Å².